The summed E-state index contributed by atoms with van der Waals surface area (Å²) >= 11 is 0. The van der Waals surface area contributed by atoms with Gasteiger partial charge in [-0.2, -0.15) is 0 Å². The van der Waals surface area contributed by atoms with Crippen LogP contribution in [0.25, 0.3) is 0 Å². The quantitative estimate of drug-likeness (QED) is 0.626. The average Bonchev–Trinajstić information content (AvgIpc) is 3.33. The van der Waals surface area contributed by atoms with E-state index in [1.807, 2.05) is 0 Å². The summed E-state index contributed by atoms with van der Waals surface area (Å²) in [5, 5.41) is 14.0. The van der Waals surface area contributed by atoms with Gasteiger partial charge in [-0.25, -0.2) is 9.18 Å². The molecule has 0 heterocycles. The van der Waals surface area contributed by atoms with Gasteiger partial charge < -0.3 is 20.5 Å². The van der Waals surface area contributed by atoms with E-state index in [1.54, 1.807) is 0 Å². The number of halogens is 1. The highest BCUT2D eigenvalue weighted by Crippen LogP contribution is 2.45. The molecular weight excluding hydrogens is 307 g/mol. The van der Waals surface area contributed by atoms with Crippen LogP contribution in [0.1, 0.15) is 12.8 Å². The van der Waals surface area contributed by atoms with Crippen molar-refractivity contribution in [3.63, 3.8) is 0 Å². The molecule has 1 fully saturated rings. The Labute approximate surface area is 131 Å². The van der Waals surface area contributed by atoms with E-state index in [2.05, 4.69) is 10.6 Å². The molecule has 0 radical (unpaired) electrons. The third-order valence-electron chi connectivity index (χ3n) is 3.66. The minimum Gasteiger partial charge on any atom is -0.478 e. The van der Waals surface area contributed by atoms with Gasteiger partial charge in [0.15, 0.2) is 0 Å². The first-order valence-corrected chi connectivity index (χ1v) is 7.04. The summed E-state index contributed by atoms with van der Waals surface area (Å²) in [7, 11) is 1.44. The molecule has 0 saturated heterocycles. The van der Waals surface area contributed by atoms with Crippen LogP contribution < -0.4 is 15.4 Å². The Bertz CT molecular complexity index is 613. The topological polar surface area (TPSA) is 105 Å². The van der Waals surface area contributed by atoms with Gasteiger partial charge in [-0.05, 0) is 37.1 Å². The van der Waals surface area contributed by atoms with Gasteiger partial charge in [0.1, 0.15) is 17.0 Å². The third kappa shape index (κ3) is 3.77. The highest BCUT2D eigenvalue weighted by molar-refractivity contribution is 6.07. The van der Waals surface area contributed by atoms with E-state index in [9.17, 15) is 18.8 Å². The molecule has 1 aromatic rings. The fraction of sp³-hybridized carbons (Fsp3) is 0.400. The fourth-order valence-electron chi connectivity index (χ4n) is 2.13. The molecule has 23 heavy (non-hydrogen) atoms. The molecule has 1 aromatic carbocycles. The number of aliphatic carboxylic acids is 1. The summed E-state index contributed by atoms with van der Waals surface area (Å²) in [4.78, 5) is 35.0. The van der Waals surface area contributed by atoms with Crippen LogP contribution in [0.2, 0.25) is 0 Å². The van der Waals surface area contributed by atoms with Crippen molar-refractivity contribution in [1.82, 2.24) is 10.6 Å². The van der Waals surface area contributed by atoms with Crippen LogP contribution in [0.4, 0.5) is 4.39 Å². The maximum atomic E-state index is 12.8. The van der Waals surface area contributed by atoms with E-state index in [1.165, 1.54) is 19.2 Å². The monoisotopic (exact) mass is 324 g/mol. The summed E-state index contributed by atoms with van der Waals surface area (Å²) in [6, 6.07) is 4.86. The number of hydrogen-bond donors (Lipinski definition) is 3. The second-order valence-corrected chi connectivity index (χ2v) is 5.27. The van der Waals surface area contributed by atoms with Crippen molar-refractivity contribution in [1.29, 1.82) is 0 Å². The lowest BCUT2D eigenvalue weighted by molar-refractivity contribution is -0.145. The van der Waals surface area contributed by atoms with Crippen LogP contribution in [-0.2, 0) is 14.4 Å². The van der Waals surface area contributed by atoms with Crippen molar-refractivity contribution in [2.45, 2.75) is 18.9 Å². The molecule has 3 N–H and O–H groups in total. The molecule has 1 aliphatic carbocycles. The number of carbonyl (C=O) groups excluding carboxylic acids is 2. The minimum absolute atomic E-state index is 0.167. The van der Waals surface area contributed by atoms with Gasteiger partial charge >= 0.3 is 5.97 Å². The zero-order chi connectivity index (χ0) is 17.0. The molecule has 1 unspecified atom stereocenters. The molecule has 0 aromatic heterocycles. The molecule has 0 bridgehead atoms. The Morgan fingerprint density at radius 3 is 2.35 bits per heavy atom. The normalized spacial score (nSPS) is 16.1. The number of nitrogens with one attached hydrogen (secondary N) is 2. The summed E-state index contributed by atoms with van der Waals surface area (Å²) in [5.41, 5.74) is -1.10. The molecule has 0 aliphatic heterocycles. The number of rotatable bonds is 7. The highest BCUT2D eigenvalue weighted by Gasteiger charge is 2.56. The van der Waals surface area contributed by atoms with Crippen LogP contribution in [0.3, 0.4) is 0 Å². The lowest BCUT2D eigenvalue weighted by Crippen LogP contribution is -2.46. The number of carbonyl (C=O) groups is 3. The predicted octanol–water partition coefficient (Wildman–Crippen LogP) is 0.300. The number of benzene rings is 1. The zero-order valence-electron chi connectivity index (χ0n) is 12.5. The lowest BCUT2D eigenvalue weighted by Gasteiger charge is -2.18. The number of carboxylic acid groups (broad SMARTS) is 1. The van der Waals surface area contributed by atoms with Crippen LogP contribution in [-0.4, -0.2) is 42.6 Å². The highest BCUT2D eigenvalue weighted by atomic mass is 19.1. The SMILES string of the molecule is CNC(=O)C1(C(=O)NCC(Oc2ccc(F)cc2)C(=O)O)CC1. The fourth-order valence-corrected chi connectivity index (χ4v) is 2.13. The molecule has 124 valence electrons. The lowest BCUT2D eigenvalue weighted by atomic mass is 10.1. The van der Waals surface area contributed by atoms with E-state index in [0.29, 0.717) is 12.8 Å². The van der Waals surface area contributed by atoms with Gasteiger partial charge in [0.2, 0.25) is 17.9 Å². The smallest absolute Gasteiger partial charge is 0.346 e. The zero-order valence-corrected chi connectivity index (χ0v) is 12.5. The van der Waals surface area contributed by atoms with Crippen molar-refractivity contribution in [3.05, 3.63) is 30.1 Å². The Morgan fingerprint density at radius 2 is 1.87 bits per heavy atom. The van der Waals surface area contributed by atoms with E-state index >= 15 is 0 Å². The predicted molar refractivity (Wildman–Crippen MR) is 77.2 cm³/mol. The molecule has 0 spiro atoms. The Kier molecular flexibility index (Phi) is 4.83. The van der Waals surface area contributed by atoms with Gasteiger partial charge in [-0.15, -0.1) is 0 Å². The van der Waals surface area contributed by atoms with Crippen molar-refractivity contribution in [3.8, 4) is 5.75 Å². The van der Waals surface area contributed by atoms with Crippen molar-refractivity contribution in [2.75, 3.05) is 13.6 Å². The maximum Gasteiger partial charge on any atom is 0.346 e. The average molecular weight is 324 g/mol. The van der Waals surface area contributed by atoms with E-state index < -0.39 is 29.2 Å². The Morgan fingerprint density at radius 1 is 1.26 bits per heavy atom. The minimum atomic E-state index is -1.34. The van der Waals surface area contributed by atoms with Gasteiger partial charge in [-0.3, -0.25) is 9.59 Å². The molecule has 2 amide bonds. The van der Waals surface area contributed by atoms with E-state index in [-0.39, 0.29) is 18.2 Å². The van der Waals surface area contributed by atoms with Crippen LogP contribution in [0.15, 0.2) is 24.3 Å². The number of hydrogen-bond acceptors (Lipinski definition) is 4. The second-order valence-electron chi connectivity index (χ2n) is 5.27. The van der Waals surface area contributed by atoms with Crippen LogP contribution >= 0.6 is 0 Å². The first-order valence-electron chi connectivity index (χ1n) is 7.04. The third-order valence-corrected chi connectivity index (χ3v) is 3.66. The molecule has 8 heteroatoms. The van der Waals surface area contributed by atoms with Crippen molar-refractivity contribution < 1.29 is 28.6 Å². The molecular formula is C15H17FN2O5. The van der Waals surface area contributed by atoms with Crippen molar-refractivity contribution in [2.24, 2.45) is 5.41 Å². The number of carboxylic acids is 1. The first kappa shape index (κ1) is 16.7. The van der Waals surface area contributed by atoms with E-state index in [0.717, 1.165) is 12.1 Å². The summed E-state index contributed by atoms with van der Waals surface area (Å²) < 4.78 is 18.0. The molecule has 1 atom stereocenters. The molecule has 1 aliphatic rings. The number of ether oxygens (including phenoxy) is 1. The summed E-state index contributed by atoms with van der Waals surface area (Å²) in [6.07, 6.45) is -0.491. The van der Waals surface area contributed by atoms with Crippen LogP contribution in [0, 0.1) is 11.2 Å². The van der Waals surface area contributed by atoms with E-state index in [4.69, 9.17) is 9.84 Å². The van der Waals surface area contributed by atoms with Gasteiger partial charge in [-0.1, -0.05) is 0 Å². The largest absolute Gasteiger partial charge is 0.478 e. The number of amides is 2. The summed E-state index contributed by atoms with van der Waals surface area (Å²) in [6.45, 7) is -0.301. The second kappa shape index (κ2) is 6.64. The van der Waals surface area contributed by atoms with Gasteiger partial charge in [0.25, 0.3) is 0 Å². The van der Waals surface area contributed by atoms with Crippen molar-refractivity contribution >= 4 is 17.8 Å². The Hall–Kier alpha value is -2.64. The standard InChI is InChI=1S/C15H17FN2O5/c1-17-13(21)15(6-7-15)14(22)18-8-11(12(19)20)23-10-4-2-9(16)3-5-10/h2-5,11H,6-8H2,1H3,(H,17,21)(H,18,22)(H,19,20). The maximum absolute atomic E-state index is 12.8. The summed E-state index contributed by atoms with van der Waals surface area (Å²) in [5.74, 6) is -2.49. The Balaban J connectivity index is 1.95. The first-order chi connectivity index (χ1) is 10.9. The van der Waals surface area contributed by atoms with Gasteiger partial charge in [0.05, 0.1) is 6.54 Å². The molecule has 7 nitrogen and oxygen atoms in total. The van der Waals surface area contributed by atoms with Crippen LogP contribution in [0.5, 0.6) is 5.75 Å². The molecule has 1 saturated carbocycles. The van der Waals surface area contributed by atoms with Gasteiger partial charge in [0, 0.05) is 7.05 Å². The molecule has 2 rings (SSSR count).